The summed E-state index contributed by atoms with van der Waals surface area (Å²) in [5.41, 5.74) is 3.20. The summed E-state index contributed by atoms with van der Waals surface area (Å²) in [4.78, 5) is 26.4. The van der Waals surface area contributed by atoms with E-state index in [0.717, 1.165) is 23.2 Å². The molecule has 3 rings (SSSR count). The molecule has 2 heterocycles. The van der Waals surface area contributed by atoms with Crippen LogP contribution in [0.4, 0.5) is 5.69 Å². The van der Waals surface area contributed by atoms with Crippen molar-refractivity contribution in [3.8, 4) is 0 Å². The predicted octanol–water partition coefficient (Wildman–Crippen LogP) is 2.26. The molecule has 22 heavy (non-hydrogen) atoms. The Kier molecular flexibility index (Phi) is 3.81. The highest BCUT2D eigenvalue weighted by Crippen LogP contribution is 2.47. The Bertz CT molecular complexity index is 614. The molecule has 0 bridgehead atoms. The van der Waals surface area contributed by atoms with Gasteiger partial charge in [0.2, 0.25) is 5.91 Å². The number of methoxy groups -OCH3 is 1. The topological polar surface area (TPSA) is 58.6 Å². The third-order valence-corrected chi connectivity index (χ3v) is 4.79. The van der Waals surface area contributed by atoms with Gasteiger partial charge in [-0.15, -0.1) is 0 Å². The lowest BCUT2D eigenvalue weighted by Crippen LogP contribution is -2.45. The summed E-state index contributed by atoms with van der Waals surface area (Å²) in [6, 6.07) is 5.70. The fourth-order valence-electron chi connectivity index (χ4n) is 3.74. The van der Waals surface area contributed by atoms with Crippen LogP contribution in [0.3, 0.4) is 0 Å². The van der Waals surface area contributed by atoms with Crippen molar-refractivity contribution in [2.24, 2.45) is 5.92 Å². The van der Waals surface area contributed by atoms with E-state index >= 15 is 0 Å². The predicted molar refractivity (Wildman–Crippen MR) is 83.5 cm³/mol. The number of likely N-dealkylation sites (tertiary alicyclic amines) is 1. The fraction of sp³-hybridized carbons (Fsp3) is 0.529. The number of nitrogens with one attached hydrogen (secondary N) is 1. The largest absolute Gasteiger partial charge is 0.467 e. The highest BCUT2D eigenvalue weighted by molar-refractivity contribution is 5.83. The number of rotatable bonds is 2. The van der Waals surface area contributed by atoms with E-state index in [1.807, 2.05) is 30.9 Å². The number of fused-ring (bicyclic) bond motifs is 3. The average Bonchev–Trinajstić information content (AvgIpc) is 2.98. The molecule has 1 saturated heterocycles. The van der Waals surface area contributed by atoms with Crippen LogP contribution in [0.25, 0.3) is 0 Å². The van der Waals surface area contributed by atoms with Crippen molar-refractivity contribution in [2.75, 3.05) is 19.0 Å². The Hall–Kier alpha value is -2.04. The van der Waals surface area contributed by atoms with E-state index in [0.29, 0.717) is 13.0 Å². The van der Waals surface area contributed by atoms with E-state index in [-0.39, 0.29) is 29.9 Å². The van der Waals surface area contributed by atoms with Gasteiger partial charge in [0.05, 0.1) is 13.2 Å². The van der Waals surface area contributed by atoms with Crippen LogP contribution < -0.4 is 5.32 Å². The molecule has 3 atom stereocenters. The summed E-state index contributed by atoms with van der Waals surface area (Å²) in [7, 11) is 1.41. The highest BCUT2D eigenvalue weighted by atomic mass is 16.5. The van der Waals surface area contributed by atoms with Crippen LogP contribution in [0.5, 0.6) is 0 Å². The Morgan fingerprint density at radius 2 is 2.18 bits per heavy atom. The molecule has 0 aromatic heterocycles. The van der Waals surface area contributed by atoms with Gasteiger partial charge in [-0.25, -0.2) is 4.79 Å². The third-order valence-electron chi connectivity index (χ3n) is 4.79. The second kappa shape index (κ2) is 5.63. The number of nitrogens with zero attached hydrogens (tertiary/aromatic N) is 1. The molecule has 0 aliphatic carbocycles. The molecule has 0 saturated carbocycles. The van der Waals surface area contributed by atoms with Crippen molar-refractivity contribution >= 4 is 17.6 Å². The molecule has 5 nitrogen and oxygen atoms in total. The molecule has 1 N–H and O–H groups in total. The van der Waals surface area contributed by atoms with E-state index in [1.54, 1.807) is 0 Å². The minimum Gasteiger partial charge on any atom is -0.467 e. The van der Waals surface area contributed by atoms with Gasteiger partial charge in [-0.2, -0.15) is 0 Å². The van der Waals surface area contributed by atoms with Crippen LogP contribution in [-0.2, 0) is 14.3 Å². The SMILES string of the molecule is CCC(=O)N1CC[C@H]2[C@@H](C(=O)OC)Nc3ccc(C)cc3[C@H]21. The fourth-order valence-corrected chi connectivity index (χ4v) is 3.74. The number of hydrogen-bond acceptors (Lipinski definition) is 4. The van der Waals surface area contributed by atoms with Gasteiger partial charge in [0.25, 0.3) is 0 Å². The van der Waals surface area contributed by atoms with Gasteiger partial charge >= 0.3 is 5.97 Å². The Balaban J connectivity index is 2.06. The van der Waals surface area contributed by atoms with Gasteiger partial charge < -0.3 is 15.0 Å². The molecule has 1 aromatic carbocycles. The molecule has 5 heteroatoms. The van der Waals surface area contributed by atoms with Crippen LogP contribution in [0, 0.1) is 12.8 Å². The summed E-state index contributed by atoms with van der Waals surface area (Å²) < 4.78 is 4.95. The van der Waals surface area contributed by atoms with E-state index in [2.05, 4.69) is 11.4 Å². The maximum Gasteiger partial charge on any atom is 0.328 e. The van der Waals surface area contributed by atoms with Crippen LogP contribution in [-0.4, -0.2) is 36.5 Å². The molecule has 0 unspecified atom stereocenters. The molecule has 2 aliphatic rings. The first kappa shape index (κ1) is 14.9. The van der Waals surface area contributed by atoms with E-state index in [4.69, 9.17) is 4.74 Å². The Morgan fingerprint density at radius 3 is 2.86 bits per heavy atom. The standard InChI is InChI=1S/C17H22N2O3/c1-4-14(20)19-8-7-11-15(17(21)22-3)18-13-6-5-10(2)9-12(13)16(11)19/h5-6,9,11,15-16,18H,4,7-8H2,1-3H3/t11-,15-,16-/m0/s1. The monoisotopic (exact) mass is 302 g/mol. The first-order valence-corrected chi connectivity index (χ1v) is 7.81. The van der Waals surface area contributed by atoms with Gasteiger partial charge in [-0.05, 0) is 25.0 Å². The minimum atomic E-state index is -0.389. The molecule has 1 fully saturated rings. The van der Waals surface area contributed by atoms with Gasteiger partial charge in [-0.1, -0.05) is 24.6 Å². The molecule has 0 spiro atoms. The summed E-state index contributed by atoms with van der Waals surface area (Å²) in [6.45, 7) is 4.62. The normalized spacial score (nSPS) is 26.0. The summed E-state index contributed by atoms with van der Waals surface area (Å²) in [6.07, 6.45) is 1.30. The second-order valence-electron chi connectivity index (χ2n) is 6.07. The molecular weight excluding hydrogens is 280 g/mol. The molecule has 1 aromatic rings. The number of anilines is 1. The lowest BCUT2D eigenvalue weighted by atomic mass is 9.82. The molecule has 118 valence electrons. The number of carbonyl (C=O) groups excluding carboxylic acids is 2. The van der Waals surface area contributed by atoms with Crippen molar-refractivity contribution in [2.45, 2.75) is 38.8 Å². The number of ether oxygens (including phenoxy) is 1. The van der Waals surface area contributed by atoms with Crippen molar-refractivity contribution < 1.29 is 14.3 Å². The quantitative estimate of drug-likeness (QED) is 0.851. The van der Waals surface area contributed by atoms with Gasteiger partial charge in [0.15, 0.2) is 0 Å². The van der Waals surface area contributed by atoms with Crippen LogP contribution >= 0.6 is 0 Å². The van der Waals surface area contributed by atoms with E-state index < -0.39 is 0 Å². The maximum absolute atomic E-state index is 12.3. The van der Waals surface area contributed by atoms with Crippen molar-refractivity contribution in [3.05, 3.63) is 29.3 Å². The number of esters is 1. The average molecular weight is 302 g/mol. The van der Waals surface area contributed by atoms with Crippen LogP contribution in [0.2, 0.25) is 0 Å². The summed E-state index contributed by atoms with van der Waals surface area (Å²) >= 11 is 0. The van der Waals surface area contributed by atoms with Gasteiger partial charge in [0, 0.05) is 24.6 Å². The molecule has 2 aliphatic heterocycles. The number of hydrogen-bond donors (Lipinski definition) is 1. The Morgan fingerprint density at radius 1 is 1.41 bits per heavy atom. The number of carbonyl (C=O) groups is 2. The lowest BCUT2D eigenvalue weighted by Gasteiger charge is -2.38. The summed E-state index contributed by atoms with van der Waals surface area (Å²) in [5, 5.41) is 3.31. The van der Waals surface area contributed by atoms with Crippen molar-refractivity contribution in [3.63, 3.8) is 0 Å². The number of aryl methyl sites for hydroxylation is 1. The first-order chi connectivity index (χ1) is 10.6. The lowest BCUT2D eigenvalue weighted by molar-refractivity contribution is -0.144. The molecule has 0 radical (unpaired) electrons. The number of benzene rings is 1. The van der Waals surface area contributed by atoms with Crippen LogP contribution in [0.15, 0.2) is 18.2 Å². The number of amides is 1. The van der Waals surface area contributed by atoms with E-state index in [9.17, 15) is 9.59 Å². The summed E-state index contributed by atoms with van der Waals surface area (Å²) in [5.74, 6) is -0.0465. The van der Waals surface area contributed by atoms with Gasteiger partial charge in [0.1, 0.15) is 6.04 Å². The van der Waals surface area contributed by atoms with Crippen molar-refractivity contribution in [1.82, 2.24) is 4.90 Å². The zero-order valence-corrected chi connectivity index (χ0v) is 13.3. The first-order valence-electron chi connectivity index (χ1n) is 7.81. The highest BCUT2D eigenvalue weighted by Gasteiger charge is 2.48. The molecule has 1 amide bonds. The molecular formula is C17H22N2O3. The smallest absolute Gasteiger partial charge is 0.328 e. The van der Waals surface area contributed by atoms with Crippen molar-refractivity contribution in [1.29, 1.82) is 0 Å². The second-order valence-corrected chi connectivity index (χ2v) is 6.07. The van der Waals surface area contributed by atoms with Gasteiger partial charge in [-0.3, -0.25) is 4.79 Å². The van der Waals surface area contributed by atoms with Crippen LogP contribution in [0.1, 0.15) is 36.9 Å². The van der Waals surface area contributed by atoms with E-state index in [1.165, 1.54) is 7.11 Å². The third kappa shape index (κ3) is 2.25. The maximum atomic E-state index is 12.3. The minimum absolute atomic E-state index is 0.0345. The zero-order chi connectivity index (χ0) is 15.9. The Labute approximate surface area is 130 Å². The zero-order valence-electron chi connectivity index (χ0n) is 13.3.